The van der Waals surface area contributed by atoms with Crippen molar-refractivity contribution in [3.63, 3.8) is 0 Å². The van der Waals surface area contributed by atoms with Gasteiger partial charge in [0.2, 0.25) is 5.91 Å². The average Bonchev–Trinajstić information content (AvgIpc) is 3.03. The molecule has 0 aliphatic heterocycles. The van der Waals surface area contributed by atoms with Crippen molar-refractivity contribution in [2.45, 2.75) is 32.1 Å². The zero-order valence-electron chi connectivity index (χ0n) is 16.4. The van der Waals surface area contributed by atoms with E-state index in [1.54, 1.807) is 7.11 Å². The smallest absolute Gasteiger partial charge is 0.220 e. The first-order valence-corrected chi connectivity index (χ1v) is 9.58. The van der Waals surface area contributed by atoms with E-state index in [9.17, 15) is 4.79 Å². The van der Waals surface area contributed by atoms with Gasteiger partial charge in [-0.1, -0.05) is 43.7 Å². The SMILES string of the molecule is CCCCNC(=O)C[C@@H](c1ccc(OC)cc1)c1cn(C)c2ccccc12. The number of nitrogens with zero attached hydrogens (tertiary/aromatic N) is 1. The second kappa shape index (κ2) is 8.76. The lowest BCUT2D eigenvalue weighted by atomic mass is 9.88. The molecule has 2 aromatic carbocycles. The molecule has 4 heteroatoms. The molecule has 0 saturated heterocycles. The van der Waals surface area contributed by atoms with Gasteiger partial charge in [-0.05, 0) is 35.7 Å². The predicted molar refractivity (Wildman–Crippen MR) is 110 cm³/mol. The summed E-state index contributed by atoms with van der Waals surface area (Å²) < 4.78 is 7.43. The Morgan fingerprint density at radius 1 is 1.15 bits per heavy atom. The summed E-state index contributed by atoms with van der Waals surface area (Å²) in [6.07, 6.45) is 4.67. The lowest BCUT2D eigenvalue weighted by molar-refractivity contribution is -0.121. The molecule has 0 aliphatic rings. The number of fused-ring (bicyclic) bond motifs is 1. The van der Waals surface area contributed by atoms with Gasteiger partial charge < -0.3 is 14.6 Å². The van der Waals surface area contributed by atoms with Crippen molar-refractivity contribution in [2.75, 3.05) is 13.7 Å². The van der Waals surface area contributed by atoms with Crippen molar-refractivity contribution >= 4 is 16.8 Å². The van der Waals surface area contributed by atoms with Crippen LogP contribution in [0, 0.1) is 0 Å². The molecule has 0 saturated carbocycles. The van der Waals surface area contributed by atoms with Crippen LogP contribution in [0.5, 0.6) is 5.75 Å². The second-order valence-electron chi connectivity index (χ2n) is 6.95. The van der Waals surface area contributed by atoms with E-state index in [0.717, 1.165) is 30.7 Å². The van der Waals surface area contributed by atoms with Crippen LogP contribution in [0.1, 0.15) is 43.2 Å². The number of rotatable bonds is 8. The molecule has 1 atom stereocenters. The van der Waals surface area contributed by atoms with Crippen LogP contribution in [0.3, 0.4) is 0 Å². The van der Waals surface area contributed by atoms with Crippen LogP contribution in [0.25, 0.3) is 10.9 Å². The van der Waals surface area contributed by atoms with E-state index in [2.05, 4.69) is 60.4 Å². The number of nitrogens with one attached hydrogen (secondary N) is 1. The molecule has 142 valence electrons. The van der Waals surface area contributed by atoms with Gasteiger partial charge >= 0.3 is 0 Å². The number of unbranched alkanes of at least 4 members (excludes halogenated alkanes) is 1. The molecule has 3 rings (SSSR count). The number of carbonyl (C=O) groups excluding carboxylic acids is 1. The van der Waals surface area contributed by atoms with Crippen molar-refractivity contribution in [1.82, 2.24) is 9.88 Å². The number of aromatic nitrogens is 1. The van der Waals surface area contributed by atoms with Crippen molar-refractivity contribution < 1.29 is 9.53 Å². The molecule has 27 heavy (non-hydrogen) atoms. The fourth-order valence-electron chi connectivity index (χ4n) is 3.56. The maximum atomic E-state index is 12.6. The Morgan fingerprint density at radius 3 is 2.59 bits per heavy atom. The third kappa shape index (κ3) is 4.33. The van der Waals surface area contributed by atoms with Gasteiger partial charge in [-0.2, -0.15) is 0 Å². The number of hydrogen-bond acceptors (Lipinski definition) is 2. The van der Waals surface area contributed by atoms with Crippen LogP contribution in [0.4, 0.5) is 0 Å². The molecule has 0 fully saturated rings. The summed E-state index contributed by atoms with van der Waals surface area (Å²) in [4.78, 5) is 12.6. The highest BCUT2D eigenvalue weighted by molar-refractivity contribution is 5.86. The number of aryl methyl sites for hydroxylation is 1. The van der Waals surface area contributed by atoms with E-state index >= 15 is 0 Å². The largest absolute Gasteiger partial charge is 0.497 e. The number of ether oxygens (including phenoxy) is 1. The molecule has 1 aromatic heterocycles. The first kappa shape index (κ1) is 19.0. The van der Waals surface area contributed by atoms with Crippen LogP contribution in [-0.2, 0) is 11.8 Å². The Labute approximate surface area is 161 Å². The predicted octanol–water partition coefficient (Wildman–Crippen LogP) is 4.63. The molecule has 3 aromatic rings. The average molecular weight is 364 g/mol. The molecule has 0 radical (unpaired) electrons. The molecule has 0 aliphatic carbocycles. The highest BCUT2D eigenvalue weighted by Crippen LogP contribution is 2.35. The minimum Gasteiger partial charge on any atom is -0.497 e. The Bertz CT molecular complexity index is 896. The van der Waals surface area contributed by atoms with Crippen molar-refractivity contribution in [3.05, 3.63) is 65.9 Å². The lowest BCUT2D eigenvalue weighted by Gasteiger charge is -2.18. The second-order valence-corrected chi connectivity index (χ2v) is 6.95. The molecule has 1 amide bonds. The summed E-state index contributed by atoms with van der Waals surface area (Å²) in [7, 11) is 3.72. The van der Waals surface area contributed by atoms with E-state index in [1.807, 2.05) is 18.2 Å². The van der Waals surface area contributed by atoms with Gasteiger partial charge in [0.1, 0.15) is 5.75 Å². The van der Waals surface area contributed by atoms with Crippen LogP contribution in [0.2, 0.25) is 0 Å². The van der Waals surface area contributed by atoms with Gasteiger partial charge in [-0.25, -0.2) is 0 Å². The third-order valence-electron chi connectivity index (χ3n) is 5.06. The molecule has 0 spiro atoms. The Balaban J connectivity index is 1.96. The van der Waals surface area contributed by atoms with Gasteiger partial charge in [0.15, 0.2) is 0 Å². The highest BCUT2D eigenvalue weighted by atomic mass is 16.5. The Hall–Kier alpha value is -2.75. The summed E-state index contributed by atoms with van der Waals surface area (Å²) >= 11 is 0. The molecule has 1 heterocycles. The Kier molecular flexibility index (Phi) is 6.17. The molecular weight excluding hydrogens is 336 g/mol. The first-order valence-electron chi connectivity index (χ1n) is 9.58. The number of carbonyl (C=O) groups is 1. The fraction of sp³-hybridized carbons (Fsp3) is 0.348. The topological polar surface area (TPSA) is 43.3 Å². The summed E-state index contributed by atoms with van der Waals surface area (Å²) in [5, 5.41) is 4.26. The van der Waals surface area contributed by atoms with Crippen molar-refractivity contribution in [1.29, 1.82) is 0 Å². The van der Waals surface area contributed by atoms with Crippen LogP contribution in [0.15, 0.2) is 54.7 Å². The molecule has 0 unspecified atom stereocenters. The van der Waals surface area contributed by atoms with E-state index in [1.165, 1.54) is 16.5 Å². The van der Waals surface area contributed by atoms with E-state index in [4.69, 9.17) is 4.74 Å². The fourth-order valence-corrected chi connectivity index (χ4v) is 3.56. The van der Waals surface area contributed by atoms with Crippen LogP contribution < -0.4 is 10.1 Å². The maximum Gasteiger partial charge on any atom is 0.220 e. The summed E-state index contributed by atoms with van der Waals surface area (Å²) in [6, 6.07) is 16.4. The standard InChI is InChI=1S/C23H28N2O2/c1-4-5-14-24-23(26)15-20(17-10-12-18(27-3)13-11-17)21-16-25(2)22-9-7-6-8-19(21)22/h6-13,16,20H,4-5,14-15H2,1-3H3,(H,24,26)/t20-/m0/s1. The summed E-state index contributed by atoms with van der Waals surface area (Å²) in [6.45, 7) is 2.86. The van der Waals surface area contributed by atoms with Crippen molar-refractivity contribution in [3.8, 4) is 5.75 Å². The number of amides is 1. The number of para-hydroxylation sites is 1. The summed E-state index contributed by atoms with van der Waals surface area (Å²) in [5.74, 6) is 0.920. The number of benzene rings is 2. The zero-order chi connectivity index (χ0) is 19.2. The van der Waals surface area contributed by atoms with Gasteiger partial charge in [0.05, 0.1) is 7.11 Å². The Morgan fingerprint density at radius 2 is 1.89 bits per heavy atom. The molecular formula is C23H28N2O2. The minimum absolute atomic E-state index is 0.00336. The summed E-state index contributed by atoms with van der Waals surface area (Å²) in [5.41, 5.74) is 3.49. The van der Waals surface area contributed by atoms with Crippen LogP contribution in [-0.4, -0.2) is 24.1 Å². The van der Waals surface area contributed by atoms with Crippen LogP contribution >= 0.6 is 0 Å². The third-order valence-corrected chi connectivity index (χ3v) is 5.06. The normalized spacial score (nSPS) is 12.1. The maximum absolute atomic E-state index is 12.6. The zero-order valence-corrected chi connectivity index (χ0v) is 16.4. The molecule has 1 N–H and O–H groups in total. The quantitative estimate of drug-likeness (QED) is 0.593. The van der Waals surface area contributed by atoms with E-state index in [-0.39, 0.29) is 11.8 Å². The van der Waals surface area contributed by atoms with E-state index in [0.29, 0.717) is 6.42 Å². The number of hydrogen-bond donors (Lipinski definition) is 1. The number of methoxy groups -OCH3 is 1. The lowest BCUT2D eigenvalue weighted by Crippen LogP contribution is -2.26. The van der Waals surface area contributed by atoms with Gasteiger partial charge in [0, 0.05) is 43.0 Å². The van der Waals surface area contributed by atoms with E-state index < -0.39 is 0 Å². The monoisotopic (exact) mass is 364 g/mol. The van der Waals surface area contributed by atoms with Gasteiger partial charge in [-0.15, -0.1) is 0 Å². The highest BCUT2D eigenvalue weighted by Gasteiger charge is 2.22. The minimum atomic E-state index is 0.00336. The molecule has 4 nitrogen and oxygen atoms in total. The van der Waals surface area contributed by atoms with Crippen molar-refractivity contribution in [2.24, 2.45) is 7.05 Å². The first-order chi connectivity index (χ1) is 13.1. The van der Waals surface area contributed by atoms with Gasteiger partial charge in [-0.3, -0.25) is 4.79 Å². The molecule has 0 bridgehead atoms. The van der Waals surface area contributed by atoms with Gasteiger partial charge in [0.25, 0.3) is 0 Å².